The first-order valence-corrected chi connectivity index (χ1v) is 9.25. The quantitative estimate of drug-likeness (QED) is 0.882. The second kappa shape index (κ2) is 7.28. The van der Waals surface area contributed by atoms with E-state index in [4.69, 9.17) is 4.74 Å². The second-order valence-corrected chi connectivity index (χ2v) is 7.29. The minimum Gasteiger partial charge on any atom is -0.492 e. The van der Waals surface area contributed by atoms with Crippen molar-refractivity contribution < 1.29 is 17.9 Å². The molecule has 0 aliphatic rings. The van der Waals surface area contributed by atoms with E-state index >= 15 is 0 Å². The Kier molecular flexibility index (Phi) is 5.39. The average molecular weight is 333 g/mol. The van der Waals surface area contributed by atoms with E-state index in [1.807, 2.05) is 19.1 Å². The molecule has 0 aromatic heterocycles. The Morgan fingerprint density at radius 2 is 1.74 bits per heavy atom. The molecule has 1 N–H and O–H groups in total. The molecule has 5 nitrogen and oxygen atoms in total. The van der Waals surface area contributed by atoms with Crippen molar-refractivity contribution in [3.05, 3.63) is 59.7 Å². The van der Waals surface area contributed by atoms with E-state index in [1.54, 1.807) is 36.4 Å². The van der Waals surface area contributed by atoms with Crippen molar-refractivity contribution in [3.8, 4) is 5.75 Å². The van der Waals surface area contributed by atoms with Crippen LogP contribution in [0.3, 0.4) is 0 Å². The Morgan fingerprint density at radius 1 is 1.09 bits per heavy atom. The van der Waals surface area contributed by atoms with Gasteiger partial charge in [-0.2, -0.15) is 0 Å². The molecule has 0 fully saturated rings. The Balaban J connectivity index is 2.12. The first kappa shape index (κ1) is 17.0. The van der Waals surface area contributed by atoms with Gasteiger partial charge < -0.3 is 10.1 Å². The van der Waals surface area contributed by atoms with Gasteiger partial charge in [-0.1, -0.05) is 24.3 Å². The molecule has 23 heavy (non-hydrogen) atoms. The first-order chi connectivity index (χ1) is 10.9. The molecule has 0 atom stereocenters. The minimum atomic E-state index is -3.09. The summed E-state index contributed by atoms with van der Waals surface area (Å²) in [6, 6.07) is 13.7. The number of benzene rings is 2. The Bertz CT molecular complexity index is 782. The Hall–Kier alpha value is -2.34. The van der Waals surface area contributed by atoms with Crippen LogP contribution in [0.4, 0.5) is 5.69 Å². The van der Waals surface area contributed by atoms with E-state index in [2.05, 4.69) is 5.32 Å². The highest BCUT2D eigenvalue weighted by molar-refractivity contribution is 7.89. The van der Waals surface area contributed by atoms with Crippen LogP contribution in [0.1, 0.15) is 22.8 Å². The zero-order valence-corrected chi connectivity index (χ0v) is 13.9. The number of rotatable bonds is 6. The number of sulfone groups is 1. The number of hydrogen-bond donors (Lipinski definition) is 1. The van der Waals surface area contributed by atoms with Crippen LogP contribution in [0.15, 0.2) is 48.5 Å². The lowest BCUT2D eigenvalue weighted by atomic mass is 10.1. The maximum atomic E-state index is 12.3. The molecule has 0 aliphatic heterocycles. The molecule has 0 unspecified atom stereocenters. The zero-order chi connectivity index (χ0) is 16.9. The zero-order valence-electron chi connectivity index (χ0n) is 13.1. The monoisotopic (exact) mass is 333 g/mol. The predicted molar refractivity (Wildman–Crippen MR) is 90.6 cm³/mol. The van der Waals surface area contributed by atoms with Gasteiger partial charge in [0, 0.05) is 11.8 Å². The van der Waals surface area contributed by atoms with E-state index in [1.165, 1.54) is 6.26 Å². The van der Waals surface area contributed by atoms with Crippen LogP contribution in [-0.4, -0.2) is 27.2 Å². The van der Waals surface area contributed by atoms with E-state index in [9.17, 15) is 13.2 Å². The van der Waals surface area contributed by atoms with Crippen molar-refractivity contribution in [2.45, 2.75) is 12.7 Å². The highest BCUT2D eigenvalue weighted by Crippen LogP contribution is 2.24. The maximum absolute atomic E-state index is 12.3. The lowest BCUT2D eigenvalue weighted by Crippen LogP contribution is -2.13. The van der Waals surface area contributed by atoms with Crippen molar-refractivity contribution in [3.63, 3.8) is 0 Å². The van der Waals surface area contributed by atoms with Gasteiger partial charge in [0.25, 0.3) is 5.91 Å². The first-order valence-electron chi connectivity index (χ1n) is 7.19. The molecule has 1 amide bonds. The predicted octanol–water partition coefficient (Wildman–Crippen LogP) is 2.88. The number of nitrogens with one attached hydrogen (secondary N) is 1. The van der Waals surface area contributed by atoms with Gasteiger partial charge in [-0.05, 0) is 36.8 Å². The summed E-state index contributed by atoms with van der Waals surface area (Å²) in [7, 11) is -3.09. The third-order valence-corrected chi connectivity index (χ3v) is 3.94. The molecule has 2 aromatic carbocycles. The van der Waals surface area contributed by atoms with Crippen molar-refractivity contribution in [2.75, 3.05) is 18.2 Å². The molecule has 0 radical (unpaired) electrons. The van der Waals surface area contributed by atoms with Gasteiger partial charge in [0.05, 0.1) is 18.0 Å². The van der Waals surface area contributed by atoms with Crippen LogP contribution in [0.2, 0.25) is 0 Å². The maximum Gasteiger partial charge on any atom is 0.255 e. The van der Waals surface area contributed by atoms with Gasteiger partial charge in [-0.3, -0.25) is 4.79 Å². The summed E-state index contributed by atoms with van der Waals surface area (Å²) >= 11 is 0. The molecule has 6 heteroatoms. The van der Waals surface area contributed by atoms with Crippen molar-refractivity contribution >= 4 is 21.4 Å². The highest BCUT2D eigenvalue weighted by atomic mass is 32.2. The molecule has 0 aliphatic carbocycles. The number of hydrogen-bond acceptors (Lipinski definition) is 4. The van der Waals surface area contributed by atoms with Crippen LogP contribution < -0.4 is 10.1 Å². The summed E-state index contributed by atoms with van der Waals surface area (Å²) in [6.07, 6.45) is 1.18. The van der Waals surface area contributed by atoms with Crippen molar-refractivity contribution in [1.82, 2.24) is 0 Å². The molecule has 0 heterocycles. The summed E-state index contributed by atoms with van der Waals surface area (Å²) < 4.78 is 28.0. The third kappa shape index (κ3) is 5.10. The van der Waals surface area contributed by atoms with Crippen molar-refractivity contribution in [2.24, 2.45) is 0 Å². The van der Waals surface area contributed by atoms with Gasteiger partial charge in [0.2, 0.25) is 0 Å². The normalized spacial score (nSPS) is 11.0. The smallest absolute Gasteiger partial charge is 0.255 e. The average Bonchev–Trinajstić information content (AvgIpc) is 2.48. The number of para-hydroxylation sites is 2. The van der Waals surface area contributed by atoms with Crippen LogP contribution in [0.25, 0.3) is 0 Å². The summed E-state index contributed by atoms with van der Waals surface area (Å²) in [5.41, 5.74) is 1.70. The molecule has 0 bridgehead atoms. The van der Waals surface area contributed by atoms with Crippen LogP contribution in [0, 0.1) is 0 Å². The number of carbonyl (C=O) groups is 1. The van der Waals surface area contributed by atoms with E-state index in [0.717, 1.165) is 0 Å². The van der Waals surface area contributed by atoms with Crippen molar-refractivity contribution in [1.29, 1.82) is 0 Å². The molecule has 0 spiro atoms. The molecule has 2 rings (SSSR count). The molecular weight excluding hydrogens is 314 g/mol. The molecular formula is C17H19NO4S. The number of ether oxygens (including phenoxy) is 1. The van der Waals surface area contributed by atoms with Gasteiger partial charge in [0.1, 0.15) is 5.75 Å². The van der Waals surface area contributed by atoms with Crippen LogP contribution >= 0.6 is 0 Å². The third-order valence-electron chi connectivity index (χ3n) is 3.08. The number of carbonyl (C=O) groups excluding carboxylic acids is 1. The molecule has 0 saturated heterocycles. The highest BCUT2D eigenvalue weighted by Gasteiger charge is 2.10. The molecule has 122 valence electrons. The summed E-state index contributed by atoms with van der Waals surface area (Å²) in [4.78, 5) is 12.3. The standard InChI is InChI=1S/C17H19NO4S/c1-3-22-16-7-5-4-6-15(16)18-17(19)14-10-8-13(9-11-14)12-23(2,20)21/h4-11H,3,12H2,1-2H3,(H,18,19). The Morgan fingerprint density at radius 3 is 2.35 bits per heavy atom. The SMILES string of the molecule is CCOc1ccccc1NC(=O)c1ccc(CS(C)(=O)=O)cc1. The molecule has 2 aromatic rings. The summed E-state index contributed by atoms with van der Waals surface area (Å²) in [6.45, 7) is 2.38. The topological polar surface area (TPSA) is 72.5 Å². The van der Waals surface area contributed by atoms with E-state index in [0.29, 0.717) is 29.2 Å². The molecule has 0 saturated carbocycles. The van der Waals surface area contributed by atoms with Gasteiger partial charge in [0.15, 0.2) is 9.84 Å². The number of anilines is 1. The lowest BCUT2D eigenvalue weighted by molar-refractivity contribution is 0.102. The lowest BCUT2D eigenvalue weighted by Gasteiger charge is -2.11. The van der Waals surface area contributed by atoms with Gasteiger partial charge in [-0.25, -0.2) is 8.42 Å². The summed E-state index contributed by atoms with van der Waals surface area (Å²) in [5.74, 6) is 0.294. The fraction of sp³-hybridized carbons (Fsp3) is 0.235. The van der Waals surface area contributed by atoms with Crippen LogP contribution in [-0.2, 0) is 15.6 Å². The van der Waals surface area contributed by atoms with Gasteiger partial charge in [-0.15, -0.1) is 0 Å². The largest absolute Gasteiger partial charge is 0.492 e. The Labute approximate surface area is 136 Å². The van der Waals surface area contributed by atoms with E-state index < -0.39 is 9.84 Å². The minimum absolute atomic E-state index is 0.0396. The van der Waals surface area contributed by atoms with Gasteiger partial charge >= 0.3 is 0 Å². The fourth-order valence-corrected chi connectivity index (χ4v) is 2.90. The summed E-state index contributed by atoms with van der Waals surface area (Å²) in [5, 5.41) is 2.80. The van der Waals surface area contributed by atoms with E-state index in [-0.39, 0.29) is 11.7 Å². The van der Waals surface area contributed by atoms with Crippen LogP contribution in [0.5, 0.6) is 5.75 Å². The number of amides is 1. The fourth-order valence-electron chi connectivity index (χ4n) is 2.10. The second-order valence-electron chi connectivity index (χ2n) is 5.15.